The number of hydrogen-bond acceptors (Lipinski definition) is 4. The Morgan fingerprint density at radius 3 is 2.32 bits per heavy atom. The molecule has 0 aliphatic carbocycles. The number of benzene rings is 2. The first kappa shape index (κ1) is 28.4. The van der Waals surface area contributed by atoms with Crippen LogP contribution in [0.25, 0.3) is 0 Å². The standard InChI is InChI=1S/C23H28BrCl2N3O4S/c1-5-21(23(31)27-15(2)3)28(13-16-9-10-18(25)12-20(16)26)22(30)14-29(34(4,32)33)19-8-6-7-17(24)11-19/h6-12,15,21H,5,13-14H2,1-4H3,(H,27,31)/t21-/m1/s1. The first-order chi connectivity index (χ1) is 15.8. The molecule has 0 heterocycles. The third-order valence-electron chi connectivity index (χ3n) is 4.95. The molecule has 0 aliphatic rings. The second-order valence-electron chi connectivity index (χ2n) is 8.09. The minimum Gasteiger partial charge on any atom is -0.352 e. The third-order valence-corrected chi connectivity index (χ3v) is 7.17. The Balaban J connectivity index is 2.48. The van der Waals surface area contributed by atoms with Gasteiger partial charge in [0.25, 0.3) is 0 Å². The van der Waals surface area contributed by atoms with E-state index in [-0.39, 0.29) is 18.5 Å². The SMILES string of the molecule is CC[C@H](C(=O)NC(C)C)N(Cc1ccc(Cl)cc1Cl)C(=O)CN(c1cccc(Br)c1)S(C)(=O)=O. The van der Waals surface area contributed by atoms with Crippen LogP contribution in [0.1, 0.15) is 32.8 Å². The maximum atomic E-state index is 13.6. The van der Waals surface area contributed by atoms with Crippen molar-refractivity contribution in [2.75, 3.05) is 17.1 Å². The monoisotopic (exact) mass is 591 g/mol. The van der Waals surface area contributed by atoms with Crippen molar-refractivity contribution in [3.05, 3.63) is 62.5 Å². The van der Waals surface area contributed by atoms with Gasteiger partial charge in [0.1, 0.15) is 12.6 Å². The zero-order chi connectivity index (χ0) is 25.6. The molecule has 34 heavy (non-hydrogen) atoms. The van der Waals surface area contributed by atoms with Crippen molar-refractivity contribution in [3.8, 4) is 0 Å². The largest absolute Gasteiger partial charge is 0.352 e. The number of halogens is 3. The van der Waals surface area contributed by atoms with Crippen LogP contribution in [0, 0.1) is 0 Å². The molecule has 0 unspecified atom stereocenters. The van der Waals surface area contributed by atoms with Crippen LogP contribution in [0.4, 0.5) is 5.69 Å². The summed E-state index contributed by atoms with van der Waals surface area (Å²) >= 11 is 15.7. The number of sulfonamides is 1. The number of nitrogens with one attached hydrogen (secondary N) is 1. The summed E-state index contributed by atoms with van der Waals surface area (Å²) in [6, 6.07) is 10.6. The normalized spacial score (nSPS) is 12.4. The van der Waals surface area contributed by atoms with Crippen LogP contribution >= 0.6 is 39.1 Å². The first-order valence-corrected chi connectivity index (χ1v) is 14.0. The molecule has 0 saturated heterocycles. The lowest BCUT2D eigenvalue weighted by atomic mass is 10.1. The van der Waals surface area contributed by atoms with Crippen molar-refractivity contribution in [1.29, 1.82) is 0 Å². The zero-order valence-electron chi connectivity index (χ0n) is 19.4. The van der Waals surface area contributed by atoms with Crippen molar-refractivity contribution in [3.63, 3.8) is 0 Å². The minimum absolute atomic E-state index is 0.00887. The van der Waals surface area contributed by atoms with Crippen LogP contribution in [-0.4, -0.2) is 50.0 Å². The van der Waals surface area contributed by atoms with Crippen molar-refractivity contribution >= 4 is 66.7 Å². The van der Waals surface area contributed by atoms with Gasteiger partial charge in [-0.05, 0) is 56.2 Å². The molecule has 2 aromatic rings. The van der Waals surface area contributed by atoms with Crippen LogP contribution in [-0.2, 0) is 26.2 Å². The predicted octanol–water partition coefficient (Wildman–Crippen LogP) is 4.85. The molecule has 0 spiro atoms. The lowest BCUT2D eigenvalue weighted by molar-refractivity contribution is -0.140. The van der Waals surface area contributed by atoms with Crippen LogP contribution in [0.5, 0.6) is 0 Å². The van der Waals surface area contributed by atoms with E-state index in [0.29, 0.717) is 32.2 Å². The van der Waals surface area contributed by atoms with Gasteiger partial charge in [0, 0.05) is 27.1 Å². The summed E-state index contributed by atoms with van der Waals surface area (Å²) in [5.74, 6) is -0.869. The smallest absolute Gasteiger partial charge is 0.244 e. The number of hydrogen-bond donors (Lipinski definition) is 1. The fourth-order valence-electron chi connectivity index (χ4n) is 3.38. The molecular formula is C23H28BrCl2N3O4S. The summed E-state index contributed by atoms with van der Waals surface area (Å²) in [6.45, 7) is 4.97. The van der Waals surface area contributed by atoms with E-state index in [9.17, 15) is 18.0 Å². The highest BCUT2D eigenvalue weighted by molar-refractivity contribution is 9.10. The third kappa shape index (κ3) is 7.86. The van der Waals surface area contributed by atoms with Gasteiger partial charge in [-0.25, -0.2) is 8.42 Å². The maximum absolute atomic E-state index is 13.6. The molecular weight excluding hydrogens is 565 g/mol. The molecule has 1 atom stereocenters. The molecule has 0 aromatic heterocycles. The van der Waals surface area contributed by atoms with Crippen LogP contribution in [0.15, 0.2) is 46.9 Å². The maximum Gasteiger partial charge on any atom is 0.244 e. The molecule has 2 amide bonds. The van der Waals surface area contributed by atoms with Gasteiger partial charge in [-0.15, -0.1) is 0 Å². The van der Waals surface area contributed by atoms with Crippen LogP contribution in [0.3, 0.4) is 0 Å². The fourth-order valence-corrected chi connectivity index (χ4v) is 5.08. The molecule has 0 aliphatic heterocycles. The van der Waals surface area contributed by atoms with Crippen molar-refractivity contribution in [2.45, 2.75) is 45.8 Å². The number of anilines is 1. The molecule has 0 saturated carbocycles. The molecule has 7 nitrogen and oxygen atoms in total. The van der Waals surface area contributed by atoms with Gasteiger partial charge in [0.15, 0.2) is 0 Å². The molecule has 11 heteroatoms. The van der Waals surface area contributed by atoms with Gasteiger partial charge in [-0.3, -0.25) is 13.9 Å². The Morgan fingerprint density at radius 1 is 1.12 bits per heavy atom. The number of rotatable bonds is 10. The number of amides is 2. The lowest BCUT2D eigenvalue weighted by Gasteiger charge is -2.33. The molecule has 0 radical (unpaired) electrons. The average molecular weight is 593 g/mol. The van der Waals surface area contributed by atoms with Gasteiger partial charge < -0.3 is 10.2 Å². The van der Waals surface area contributed by atoms with Crippen molar-refractivity contribution in [1.82, 2.24) is 10.2 Å². The minimum atomic E-state index is -3.80. The van der Waals surface area contributed by atoms with E-state index in [2.05, 4.69) is 21.2 Å². The van der Waals surface area contributed by atoms with Gasteiger partial charge in [-0.2, -0.15) is 0 Å². The average Bonchev–Trinajstić information content (AvgIpc) is 2.71. The summed E-state index contributed by atoms with van der Waals surface area (Å²) in [5, 5.41) is 3.62. The summed E-state index contributed by atoms with van der Waals surface area (Å²) < 4.78 is 26.9. The Hall–Kier alpha value is -1.81. The summed E-state index contributed by atoms with van der Waals surface area (Å²) in [6.07, 6.45) is 1.36. The van der Waals surface area contributed by atoms with Crippen LogP contribution < -0.4 is 9.62 Å². The van der Waals surface area contributed by atoms with Gasteiger partial charge in [0.05, 0.1) is 11.9 Å². The summed E-state index contributed by atoms with van der Waals surface area (Å²) in [5.41, 5.74) is 0.915. The topological polar surface area (TPSA) is 86.8 Å². The van der Waals surface area contributed by atoms with E-state index < -0.39 is 28.5 Å². The second-order valence-corrected chi connectivity index (χ2v) is 11.8. The highest BCUT2D eigenvalue weighted by atomic mass is 79.9. The number of carbonyl (C=O) groups is 2. The lowest BCUT2D eigenvalue weighted by Crippen LogP contribution is -2.53. The van der Waals surface area contributed by atoms with E-state index in [4.69, 9.17) is 23.2 Å². The Morgan fingerprint density at radius 2 is 1.79 bits per heavy atom. The van der Waals surface area contributed by atoms with Crippen molar-refractivity contribution < 1.29 is 18.0 Å². The quantitative estimate of drug-likeness (QED) is 0.427. The summed E-state index contributed by atoms with van der Waals surface area (Å²) in [4.78, 5) is 27.9. The highest BCUT2D eigenvalue weighted by Crippen LogP contribution is 2.26. The molecule has 0 fully saturated rings. The van der Waals surface area contributed by atoms with E-state index in [1.165, 1.54) is 4.90 Å². The fraction of sp³-hybridized carbons (Fsp3) is 0.391. The first-order valence-electron chi connectivity index (χ1n) is 10.6. The molecule has 0 bridgehead atoms. The van der Waals surface area contributed by atoms with Gasteiger partial charge >= 0.3 is 0 Å². The Kier molecular flexibility index (Phi) is 10.2. The van der Waals surface area contributed by atoms with Crippen molar-refractivity contribution in [2.24, 2.45) is 0 Å². The zero-order valence-corrected chi connectivity index (χ0v) is 23.3. The molecule has 2 aromatic carbocycles. The van der Waals surface area contributed by atoms with Crippen LogP contribution in [0.2, 0.25) is 10.0 Å². The van der Waals surface area contributed by atoms with E-state index >= 15 is 0 Å². The van der Waals surface area contributed by atoms with E-state index in [0.717, 1.165) is 10.6 Å². The molecule has 186 valence electrons. The molecule has 2 rings (SSSR count). The summed E-state index contributed by atoms with van der Waals surface area (Å²) in [7, 11) is -3.80. The predicted molar refractivity (Wildman–Crippen MR) is 141 cm³/mol. The Labute approximate surface area is 219 Å². The van der Waals surface area contributed by atoms with Gasteiger partial charge in [0.2, 0.25) is 21.8 Å². The number of nitrogens with zero attached hydrogens (tertiary/aromatic N) is 2. The Bertz CT molecular complexity index is 1140. The van der Waals surface area contributed by atoms with E-state index in [1.807, 2.05) is 13.8 Å². The van der Waals surface area contributed by atoms with Gasteiger partial charge in [-0.1, -0.05) is 58.2 Å². The highest BCUT2D eigenvalue weighted by Gasteiger charge is 2.32. The van der Waals surface area contributed by atoms with E-state index in [1.54, 1.807) is 49.4 Å². The number of carbonyl (C=O) groups excluding carboxylic acids is 2. The second kappa shape index (κ2) is 12.2. The molecule has 1 N–H and O–H groups in total.